The van der Waals surface area contributed by atoms with Gasteiger partial charge < -0.3 is 20.1 Å². The number of anilines is 1. The molecule has 0 saturated carbocycles. The van der Waals surface area contributed by atoms with Crippen LogP contribution >= 0.6 is 0 Å². The number of hydrogen-bond donors (Lipinski definition) is 2. The molecule has 2 aliphatic heterocycles. The van der Waals surface area contributed by atoms with Gasteiger partial charge in [-0.05, 0) is 26.3 Å². The quantitative estimate of drug-likeness (QED) is 0.794. The summed E-state index contributed by atoms with van der Waals surface area (Å²) in [5.41, 5.74) is 1.66. The summed E-state index contributed by atoms with van der Waals surface area (Å²) in [7, 11) is 0. The van der Waals surface area contributed by atoms with Crippen molar-refractivity contribution in [2.75, 3.05) is 24.5 Å². The lowest BCUT2D eigenvalue weighted by molar-refractivity contribution is -0.126. The topological polar surface area (TPSA) is 94.2 Å². The average Bonchev–Trinajstić information content (AvgIpc) is 3.33. The van der Waals surface area contributed by atoms with E-state index >= 15 is 0 Å². The Morgan fingerprint density at radius 3 is 2.96 bits per heavy atom. The Kier molecular flexibility index (Phi) is 4.33. The molecule has 2 aliphatic rings. The number of rotatable bonds is 4. The second-order valence-electron chi connectivity index (χ2n) is 7.51. The number of carbonyl (C=O) groups is 2. The van der Waals surface area contributed by atoms with E-state index in [-0.39, 0.29) is 23.9 Å². The molecule has 0 spiro atoms. The summed E-state index contributed by atoms with van der Waals surface area (Å²) >= 11 is 0. The fourth-order valence-electron chi connectivity index (χ4n) is 4.09. The maximum Gasteiger partial charge on any atom is 0.255 e. The number of aromatic nitrogens is 3. The van der Waals surface area contributed by atoms with E-state index in [1.54, 1.807) is 12.4 Å². The van der Waals surface area contributed by atoms with E-state index in [0.29, 0.717) is 22.6 Å². The minimum absolute atomic E-state index is 0.0100. The molecule has 8 heteroatoms. The van der Waals surface area contributed by atoms with Gasteiger partial charge in [0.25, 0.3) is 5.91 Å². The van der Waals surface area contributed by atoms with Crippen LogP contribution in [0.1, 0.15) is 30.6 Å². The van der Waals surface area contributed by atoms with Gasteiger partial charge >= 0.3 is 0 Å². The summed E-state index contributed by atoms with van der Waals surface area (Å²) in [5, 5.41) is 2.89. The smallest absolute Gasteiger partial charge is 0.255 e. The predicted octanol–water partition coefficient (Wildman–Crippen LogP) is 1.32. The van der Waals surface area contributed by atoms with Gasteiger partial charge in [0.15, 0.2) is 5.65 Å². The van der Waals surface area contributed by atoms with Gasteiger partial charge in [-0.2, -0.15) is 0 Å². The van der Waals surface area contributed by atoms with Gasteiger partial charge in [0.05, 0.1) is 17.8 Å². The van der Waals surface area contributed by atoms with Gasteiger partial charge in [-0.15, -0.1) is 0 Å². The van der Waals surface area contributed by atoms with E-state index in [0.717, 1.165) is 31.9 Å². The molecule has 8 nitrogen and oxygen atoms in total. The molecular formula is C19H24N6O2. The summed E-state index contributed by atoms with van der Waals surface area (Å²) in [6, 6.07) is 0.230. The highest BCUT2D eigenvalue weighted by Crippen LogP contribution is 2.34. The molecule has 27 heavy (non-hydrogen) atoms. The molecule has 2 fully saturated rings. The number of amides is 2. The summed E-state index contributed by atoms with van der Waals surface area (Å²) < 4.78 is 0. The zero-order valence-electron chi connectivity index (χ0n) is 15.6. The zero-order valence-corrected chi connectivity index (χ0v) is 15.6. The molecule has 2 N–H and O–H groups in total. The lowest BCUT2D eigenvalue weighted by atomic mass is 10.1. The fourth-order valence-corrected chi connectivity index (χ4v) is 4.09. The third-order valence-electron chi connectivity index (χ3n) is 5.36. The van der Waals surface area contributed by atoms with E-state index in [1.165, 1.54) is 6.08 Å². The Morgan fingerprint density at radius 1 is 1.41 bits per heavy atom. The number of H-pyrrole nitrogens is 1. The fraction of sp³-hybridized carbons (Fsp3) is 0.474. The summed E-state index contributed by atoms with van der Waals surface area (Å²) in [5.74, 6) is 0.996. The second kappa shape index (κ2) is 6.68. The van der Waals surface area contributed by atoms with E-state index < -0.39 is 0 Å². The molecule has 0 bridgehead atoms. The molecule has 2 amide bonds. The highest BCUT2D eigenvalue weighted by atomic mass is 16.2. The van der Waals surface area contributed by atoms with Crippen LogP contribution in [0.15, 0.2) is 25.0 Å². The van der Waals surface area contributed by atoms with E-state index in [1.807, 2.05) is 18.7 Å². The van der Waals surface area contributed by atoms with E-state index in [9.17, 15) is 9.59 Å². The van der Waals surface area contributed by atoms with Crippen LogP contribution in [0.4, 0.5) is 5.82 Å². The lowest BCUT2D eigenvalue weighted by Crippen LogP contribution is -2.38. The van der Waals surface area contributed by atoms with Crippen molar-refractivity contribution >= 4 is 28.8 Å². The van der Waals surface area contributed by atoms with Crippen LogP contribution in [0.5, 0.6) is 0 Å². The SMILES string of the molecule is C=CC(=O)N1CCC2CN(c3cnc4[nH]cc(C(=O)NC(C)C)c4n3)CC21. The van der Waals surface area contributed by atoms with E-state index in [2.05, 4.69) is 26.8 Å². The number of fused-ring (bicyclic) bond motifs is 2. The third-order valence-corrected chi connectivity index (χ3v) is 5.36. The van der Waals surface area contributed by atoms with Crippen LogP contribution in [-0.4, -0.2) is 63.4 Å². The third kappa shape index (κ3) is 3.05. The average molecular weight is 368 g/mol. The van der Waals surface area contributed by atoms with Gasteiger partial charge in [0.1, 0.15) is 11.3 Å². The van der Waals surface area contributed by atoms with Gasteiger partial charge in [-0.25, -0.2) is 9.97 Å². The number of hydrogen-bond acceptors (Lipinski definition) is 5. The Balaban J connectivity index is 1.59. The van der Waals surface area contributed by atoms with Gasteiger partial charge in [-0.1, -0.05) is 6.58 Å². The number of likely N-dealkylation sites (tertiary alicyclic amines) is 1. The molecule has 142 valence electrons. The first-order valence-electron chi connectivity index (χ1n) is 9.31. The first kappa shape index (κ1) is 17.5. The van der Waals surface area contributed by atoms with Crippen molar-refractivity contribution in [2.45, 2.75) is 32.4 Å². The van der Waals surface area contributed by atoms with Gasteiger partial charge in [-0.3, -0.25) is 9.59 Å². The molecule has 4 rings (SSSR count). The first-order chi connectivity index (χ1) is 13.0. The molecule has 2 unspecified atom stereocenters. The Morgan fingerprint density at radius 2 is 2.22 bits per heavy atom. The zero-order chi connectivity index (χ0) is 19.1. The van der Waals surface area contributed by atoms with Crippen LogP contribution in [0.25, 0.3) is 11.2 Å². The summed E-state index contributed by atoms with van der Waals surface area (Å²) in [6.45, 7) is 9.79. The molecule has 0 aliphatic carbocycles. The Bertz CT molecular complexity index is 905. The monoisotopic (exact) mass is 368 g/mol. The summed E-state index contributed by atoms with van der Waals surface area (Å²) in [6.07, 6.45) is 5.75. The molecule has 2 aromatic rings. The van der Waals surface area contributed by atoms with Crippen LogP contribution in [0.2, 0.25) is 0 Å². The minimum atomic E-state index is -0.163. The maximum absolute atomic E-state index is 12.4. The minimum Gasteiger partial charge on any atom is -0.353 e. The van der Waals surface area contributed by atoms with Crippen molar-refractivity contribution < 1.29 is 9.59 Å². The highest BCUT2D eigenvalue weighted by molar-refractivity contribution is 6.04. The molecule has 0 aromatic carbocycles. The predicted molar refractivity (Wildman–Crippen MR) is 103 cm³/mol. The molecule has 2 saturated heterocycles. The number of carbonyl (C=O) groups excluding carboxylic acids is 2. The molecular weight excluding hydrogens is 344 g/mol. The summed E-state index contributed by atoms with van der Waals surface area (Å²) in [4.78, 5) is 40.7. The van der Waals surface area contributed by atoms with Crippen molar-refractivity contribution in [2.24, 2.45) is 5.92 Å². The van der Waals surface area contributed by atoms with Gasteiger partial charge in [0, 0.05) is 37.8 Å². The number of aromatic amines is 1. The van der Waals surface area contributed by atoms with Crippen LogP contribution in [0.3, 0.4) is 0 Å². The Hall–Kier alpha value is -2.90. The van der Waals surface area contributed by atoms with Crippen molar-refractivity contribution in [1.29, 1.82) is 0 Å². The number of nitrogens with zero attached hydrogens (tertiary/aromatic N) is 4. The normalized spacial score (nSPS) is 21.7. The largest absolute Gasteiger partial charge is 0.353 e. The van der Waals surface area contributed by atoms with Crippen molar-refractivity contribution in [3.05, 3.63) is 30.6 Å². The van der Waals surface area contributed by atoms with Crippen molar-refractivity contribution in [3.63, 3.8) is 0 Å². The first-order valence-corrected chi connectivity index (χ1v) is 9.31. The standard InChI is InChI=1S/C19H24N6O2/c1-4-16(26)25-6-5-12-9-24(10-14(12)25)15-8-21-18-17(23-15)13(7-20-18)19(27)22-11(2)3/h4,7-8,11-12,14H,1,5-6,9-10H2,2-3H3,(H,20,21)(H,22,27). The second-order valence-corrected chi connectivity index (χ2v) is 7.51. The Labute approximate surface area is 157 Å². The lowest BCUT2D eigenvalue weighted by Gasteiger charge is -2.24. The molecule has 0 radical (unpaired) electrons. The molecule has 2 atom stereocenters. The van der Waals surface area contributed by atoms with Crippen molar-refractivity contribution in [1.82, 2.24) is 25.2 Å². The number of nitrogens with one attached hydrogen (secondary N) is 2. The van der Waals surface area contributed by atoms with E-state index in [4.69, 9.17) is 4.98 Å². The van der Waals surface area contributed by atoms with Crippen LogP contribution in [-0.2, 0) is 4.79 Å². The molecule has 2 aromatic heterocycles. The molecule has 4 heterocycles. The maximum atomic E-state index is 12.4. The van der Waals surface area contributed by atoms with Gasteiger partial charge in [0.2, 0.25) is 5.91 Å². The van der Waals surface area contributed by atoms with Crippen molar-refractivity contribution in [3.8, 4) is 0 Å². The highest BCUT2D eigenvalue weighted by Gasteiger charge is 2.43. The van der Waals surface area contributed by atoms with Crippen LogP contribution in [0, 0.1) is 5.92 Å². The van der Waals surface area contributed by atoms with Crippen LogP contribution < -0.4 is 10.2 Å².